The van der Waals surface area contributed by atoms with E-state index in [0.717, 1.165) is 70.1 Å². The molecular weight excluding hydrogens is 1410 g/mol. The van der Waals surface area contributed by atoms with Gasteiger partial charge in [0.25, 0.3) is 23.7 Å². The minimum Gasteiger partial charge on any atom is -0.358 e. The van der Waals surface area contributed by atoms with Gasteiger partial charge in [0.2, 0.25) is 41.9 Å². The molecule has 22 heterocycles. The van der Waals surface area contributed by atoms with Gasteiger partial charge in [-0.25, -0.2) is 18.3 Å². The van der Waals surface area contributed by atoms with Crippen molar-refractivity contribution in [3.05, 3.63) is 352 Å². The van der Waals surface area contributed by atoms with E-state index in [4.69, 9.17) is 0 Å². The molecule has 0 fully saturated rings. The summed E-state index contributed by atoms with van der Waals surface area (Å²) in [5, 5.41) is 12.0. The summed E-state index contributed by atoms with van der Waals surface area (Å²) in [5.41, 5.74) is 30.5. The number of pyridine rings is 9. The number of hydrogen-bond acceptors (Lipinski definition) is 2. The van der Waals surface area contributed by atoms with Crippen LogP contribution in [0.15, 0.2) is 292 Å². The van der Waals surface area contributed by atoms with Gasteiger partial charge in [0.15, 0.2) is 38.1 Å². The van der Waals surface area contributed by atoms with Gasteiger partial charge in [-0.3, -0.25) is 9.97 Å². The topological polar surface area (TPSA) is 83.3 Å². The summed E-state index contributed by atoms with van der Waals surface area (Å²) in [6, 6.07) is 84.7. The Morgan fingerprint density at radius 2 is 0.873 bits per heavy atom. The van der Waals surface area contributed by atoms with Crippen LogP contribution < -0.4 is 46.0 Å². The smallest absolute Gasteiger partial charge is 0.358 e. The fourth-order valence-electron chi connectivity index (χ4n) is 19.8. The molecule has 7 aromatic carbocycles. The Labute approximate surface area is 644 Å². The van der Waals surface area contributed by atoms with E-state index in [9.17, 15) is 0 Å². The van der Waals surface area contributed by atoms with Crippen LogP contribution in [0.2, 0.25) is 0 Å². The number of imidazole rings is 1. The normalized spacial score (nSPS) is 13.5. The predicted molar refractivity (Wildman–Crippen MR) is 416 cm³/mol. The van der Waals surface area contributed by atoms with Gasteiger partial charge >= 0.3 is 48.7 Å². The first-order valence-electron chi connectivity index (χ1n) is 37.2. The van der Waals surface area contributed by atoms with E-state index in [-0.39, 0.29) is 34.3 Å². The molecule has 9 aliphatic heterocycles. The average molecular weight is 1480 g/mol. The van der Waals surface area contributed by atoms with Crippen LogP contribution in [0.25, 0.3) is 144 Å². The zero-order chi connectivity index (χ0) is 69.4. The van der Waals surface area contributed by atoms with Crippen LogP contribution in [-0.4, -0.2) is 28.2 Å². The zero-order valence-corrected chi connectivity index (χ0v) is 63.9. The predicted octanol–water partition coefficient (Wildman–Crippen LogP) is 11.5. The molecular formula is C93H72N16Zn+10. The molecule has 0 N–H and O–H groups in total. The third kappa shape index (κ3) is 8.68. The quantitative estimate of drug-likeness (QED) is 0.0761. The van der Waals surface area contributed by atoms with E-state index in [0.29, 0.717) is 0 Å². The van der Waals surface area contributed by atoms with Crippen molar-refractivity contribution in [1.82, 2.24) is 28.2 Å². The van der Waals surface area contributed by atoms with Gasteiger partial charge in [-0.1, -0.05) is 152 Å². The van der Waals surface area contributed by atoms with Crippen LogP contribution in [-0.2, 0) is 78.5 Å². The zero-order valence-electron chi connectivity index (χ0n) is 60.9. The van der Waals surface area contributed by atoms with Crippen molar-refractivity contribution in [1.29, 1.82) is 0 Å². The Morgan fingerprint density at radius 3 is 1.61 bits per heavy atom. The van der Waals surface area contributed by atoms with E-state index < -0.39 is 0 Å². The summed E-state index contributed by atoms with van der Waals surface area (Å²) in [6.45, 7) is 8.57. The summed E-state index contributed by atoms with van der Waals surface area (Å²) < 4.78 is 33.4. The molecule has 0 spiro atoms. The van der Waals surface area contributed by atoms with Crippen LogP contribution in [0.5, 0.6) is 0 Å². The van der Waals surface area contributed by atoms with Crippen molar-refractivity contribution in [3.8, 4) is 56.4 Å². The molecule has 0 aliphatic carbocycles. The van der Waals surface area contributed by atoms with Gasteiger partial charge < -0.3 is 14.9 Å². The van der Waals surface area contributed by atoms with Crippen LogP contribution in [0.4, 0.5) is 0 Å². The maximum Gasteiger partial charge on any atom is 2.00 e. The van der Waals surface area contributed by atoms with Gasteiger partial charge in [0, 0.05) is 70.9 Å². The molecule has 29 rings (SSSR count). The summed E-state index contributed by atoms with van der Waals surface area (Å²) in [6.07, 6.45) is 19.1. The number of fused-ring (bicyclic) bond motifs is 5. The molecule has 13 aromatic heterocycles. The molecule has 516 valence electrons. The van der Waals surface area contributed by atoms with Gasteiger partial charge in [-0.05, 0) is 99.4 Å². The molecule has 0 unspecified atom stereocenters. The van der Waals surface area contributed by atoms with Gasteiger partial charge in [-0.15, -0.1) is 4.57 Å². The molecule has 0 radical (unpaired) electrons. The molecule has 0 saturated carbocycles. The van der Waals surface area contributed by atoms with Crippen LogP contribution in [0.3, 0.4) is 0 Å². The number of hydrogen-bond donors (Lipinski definition) is 0. The molecule has 20 aromatic rings. The van der Waals surface area contributed by atoms with Crippen LogP contribution in [0, 0.1) is 14.9 Å². The summed E-state index contributed by atoms with van der Waals surface area (Å²) in [5.74, 6) is 2.68. The molecule has 0 amide bonds. The van der Waals surface area contributed by atoms with E-state index in [1.54, 1.807) is 0 Å². The second-order valence-corrected chi connectivity index (χ2v) is 29.6. The second kappa shape index (κ2) is 23.9. The number of aromatic nitrogens is 16. The van der Waals surface area contributed by atoms with E-state index in [2.05, 4.69) is 348 Å². The number of nitrogens with zero attached hydrogens (tertiary/aromatic N) is 16. The molecule has 9 aliphatic rings. The first-order chi connectivity index (χ1) is 53.1. The van der Waals surface area contributed by atoms with Crippen LogP contribution in [0.1, 0.15) is 44.9 Å². The van der Waals surface area contributed by atoms with E-state index >= 15 is 0 Å². The second-order valence-electron chi connectivity index (χ2n) is 29.6. The standard InChI is InChI=1S/C22H15N3.C22H17N3.C16H10N3.C16H13N3.C15H11N4.2CH3.Zn/c1-2-6-14(7-3-1)20-18-13-23-11-5-10-17-16-9-4-8-15-12-24(20)22(19(15)16)25(18)21(17)23;1-3-8-16(9-4-1)20-19-15-23-13-7-12-18-14-24(25(19)22(18)23)21(20)17-10-5-2-6-11-17;1-3-11-12-4-2-8-19-9-10-5-7-18-15(13(10)16(12)19)14(11)17-6-1;1-2-5-12(6-3-1)14-10-18-9-13-7-4-8-17-11-15(14)19(18)16(13)17;1-3-10-7-17-9-18-8-16-6-2-5-12-11(4-1)13(10)15(17)19(18)14(12)16;;;/h1-11H,12-13H2;1-13H,14-15H2;1-8H,9H2;1-8,10H,9,11H2;1-6,9H,7-8H2;2*1H3;/q2*+2;+1;+2;+3;2*-1;+2. The Balaban J connectivity index is 0.0000000847. The van der Waals surface area contributed by atoms with Crippen molar-refractivity contribution in [3.63, 3.8) is 0 Å². The van der Waals surface area contributed by atoms with Gasteiger partial charge in [0.05, 0.1) is 67.3 Å². The van der Waals surface area contributed by atoms with Crippen molar-refractivity contribution >= 4 is 87.6 Å². The molecule has 0 saturated heterocycles. The van der Waals surface area contributed by atoms with Crippen molar-refractivity contribution in [2.75, 3.05) is 0 Å². The van der Waals surface area contributed by atoms with Crippen LogP contribution >= 0.6 is 0 Å². The van der Waals surface area contributed by atoms with E-state index in [1.165, 1.54) is 178 Å². The maximum absolute atomic E-state index is 4.58. The fourth-order valence-corrected chi connectivity index (χ4v) is 19.8. The minimum atomic E-state index is 0. The maximum atomic E-state index is 4.58. The third-order valence-corrected chi connectivity index (χ3v) is 24.0. The molecule has 0 atom stereocenters. The molecule has 17 heteroatoms. The summed E-state index contributed by atoms with van der Waals surface area (Å²) in [4.78, 5) is 9.13. The monoisotopic (exact) mass is 1480 g/mol. The van der Waals surface area contributed by atoms with Gasteiger partial charge in [0.1, 0.15) is 46.2 Å². The van der Waals surface area contributed by atoms with Gasteiger partial charge in [-0.2, -0.15) is 13.5 Å². The van der Waals surface area contributed by atoms with E-state index in [1.807, 2.05) is 18.5 Å². The first-order valence-corrected chi connectivity index (χ1v) is 37.2. The van der Waals surface area contributed by atoms with Crippen molar-refractivity contribution in [2.24, 2.45) is 0 Å². The Bertz CT molecular complexity index is 7070. The largest absolute Gasteiger partial charge is 2.00 e. The average Bonchev–Trinajstić information content (AvgIpc) is 1.53. The minimum absolute atomic E-state index is 0. The Kier molecular flexibility index (Phi) is 13.9. The Morgan fingerprint density at radius 1 is 0.327 bits per heavy atom. The third-order valence-electron chi connectivity index (χ3n) is 24.0. The van der Waals surface area contributed by atoms with Crippen molar-refractivity contribution in [2.45, 2.75) is 59.0 Å². The molecule has 16 nitrogen and oxygen atoms in total. The SMILES string of the molecule is [CH3-].[CH3-].[Zn+2].c1cc2c3c(c1)c1ccc[n+]4c1n1c3[n+](c[n+]1C4)C2.c1ccc(-c2c3n4[n+](c2-c2ccccc2)Cc2ccc[n+](c2-4)C3)cc1.c1ccc(-c2c3n4c5c(ccc[n+]5C3)c3cccc5c3c4[n+]2C5)cc1.c1ccc(-c2c[n+]3n4c2C[n+]2cccc(c2-4)C3)cc1.c1cnc2c(c1)c1ccc[n+]3c1c1c(ccnc21)C3. The molecule has 110 heavy (non-hydrogen) atoms. The number of benzene rings is 7. The summed E-state index contributed by atoms with van der Waals surface area (Å²) >= 11 is 0. The Hall–Kier alpha value is -13.2. The molecule has 0 bridgehead atoms. The first kappa shape index (κ1) is 64.0. The number of rotatable bonds is 4. The summed E-state index contributed by atoms with van der Waals surface area (Å²) in [7, 11) is 0. The van der Waals surface area contributed by atoms with Crippen molar-refractivity contribution < 1.29 is 65.5 Å². The fraction of sp³-hybridized carbons (Fsp3) is 0.0968.